The fourth-order valence-electron chi connectivity index (χ4n) is 2.00. The van der Waals surface area contributed by atoms with Gasteiger partial charge >= 0.3 is 5.97 Å². The van der Waals surface area contributed by atoms with Crippen LogP contribution in [0.4, 0.5) is 0 Å². The molecule has 0 aliphatic carbocycles. The van der Waals surface area contributed by atoms with Crippen LogP contribution in [0.3, 0.4) is 0 Å². The maximum atomic E-state index is 10.8. The first-order chi connectivity index (χ1) is 9.61. The molecular weight excluding hydrogens is 320 g/mol. The first kappa shape index (κ1) is 14.6. The lowest BCUT2D eigenvalue weighted by Crippen LogP contribution is -1.98. The Bertz CT molecular complexity index is 606. The predicted octanol–water partition coefficient (Wildman–Crippen LogP) is 3.94. The van der Waals surface area contributed by atoms with Crippen LogP contribution in [-0.2, 0) is 12.8 Å². The van der Waals surface area contributed by atoms with Gasteiger partial charge in [-0.15, -0.1) is 0 Å². The molecule has 0 heterocycles. The maximum Gasteiger partial charge on any atom is 0.335 e. The SMILES string of the molecule is COc1cccc(CCc2ccc(C(=O)O)cc2)c1Br. The molecule has 0 saturated carbocycles. The molecule has 0 fully saturated rings. The third kappa shape index (κ3) is 3.39. The Balaban J connectivity index is 2.07. The Morgan fingerprint density at radius 1 is 1.15 bits per heavy atom. The van der Waals surface area contributed by atoms with E-state index in [0.717, 1.165) is 28.6 Å². The van der Waals surface area contributed by atoms with Gasteiger partial charge < -0.3 is 9.84 Å². The van der Waals surface area contributed by atoms with Gasteiger partial charge in [0, 0.05) is 0 Å². The highest BCUT2D eigenvalue weighted by atomic mass is 79.9. The summed E-state index contributed by atoms with van der Waals surface area (Å²) < 4.78 is 6.24. The number of aryl methyl sites for hydroxylation is 2. The number of carbonyl (C=O) groups is 1. The summed E-state index contributed by atoms with van der Waals surface area (Å²) in [6, 6.07) is 12.9. The Morgan fingerprint density at radius 2 is 1.85 bits per heavy atom. The van der Waals surface area contributed by atoms with Crippen LogP contribution in [-0.4, -0.2) is 18.2 Å². The number of ether oxygens (including phenoxy) is 1. The zero-order valence-electron chi connectivity index (χ0n) is 11.1. The van der Waals surface area contributed by atoms with E-state index in [9.17, 15) is 4.79 Å². The molecular formula is C16H15BrO3. The summed E-state index contributed by atoms with van der Waals surface area (Å²) in [5.41, 5.74) is 2.60. The molecule has 0 unspecified atom stereocenters. The number of carboxylic acid groups (broad SMARTS) is 1. The number of carboxylic acids is 1. The lowest BCUT2D eigenvalue weighted by atomic mass is 10.0. The Morgan fingerprint density at radius 3 is 2.45 bits per heavy atom. The average molecular weight is 335 g/mol. The van der Waals surface area contributed by atoms with Crippen LogP contribution in [0.25, 0.3) is 0 Å². The summed E-state index contributed by atoms with van der Waals surface area (Å²) in [5.74, 6) is -0.0733. The second kappa shape index (κ2) is 6.57. The van der Waals surface area contributed by atoms with Crippen LogP contribution >= 0.6 is 15.9 Å². The molecule has 104 valence electrons. The van der Waals surface area contributed by atoms with E-state index in [2.05, 4.69) is 22.0 Å². The summed E-state index contributed by atoms with van der Waals surface area (Å²) in [7, 11) is 1.65. The summed E-state index contributed by atoms with van der Waals surface area (Å²) >= 11 is 3.54. The van der Waals surface area contributed by atoms with Crippen molar-refractivity contribution in [2.75, 3.05) is 7.11 Å². The predicted molar refractivity (Wildman–Crippen MR) is 81.5 cm³/mol. The number of benzene rings is 2. The molecule has 0 amide bonds. The van der Waals surface area contributed by atoms with Crippen LogP contribution in [0.1, 0.15) is 21.5 Å². The molecule has 0 bridgehead atoms. The van der Waals surface area contributed by atoms with Gasteiger partial charge in [-0.2, -0.15) is 0 Å². The van der Waals surface area contributed by atoms with Crippen LogP contribution in [0.5, 0.6) is 5.75 Å². The van der Waals surface area contributed by atoms with Crippen molar-refractivity contribution in [1.82, 2.24) is 0 Å². The second-order valence-electron chi connectivity index (χ2n) is 4.44. The van der Waals surface area contributed by atoms with Gasteiger partial charge in [-0.25, -0.2) is 4.79 Å². The van der Waals surface area contributed by atoms with Gasteiger partial charge in [0.05, 0.1) is 17.1 Å². The third-order valence-corrected chi connectivity index (χ3v) is 4.05. The zero-order chi connectivity index (χ0) is 14.5. The van der Waals surface area contributed by atoms with Crippen molar-refractivity contribution in [3.05, 3.63) is 63.6 Å². The smallest absolute Gasteiger partial charge is 0.335 e. The van der Waals surface area contributed by atoms with Gasteiger partial charge in [-0.3, -0.25) is 0 Å². The molecule has 0 aliphatic rings. The minimum Gasteiger partial charge on any atom is -0.496 e. The number of rotatable bonds is 5. The normalized spacial score (nSPS) is 10.3. The lowest BCUT2D eigenvalue weighted by molar-refractivity contribution is 0.0697. The molecule has 4 heteroatoms. The molecule has 0 spiro atoms. The van der Waals surface area contributed by atoms with E-state index in [4.69, 9.17) is 9.84 Å². The molecule has 2 aromatic rings. The molecule has 0 aromatic heterocycles. The van der Waals surface area contributed by atoms with E-state index in [-0.39, 0.29) is 0 Å². The molecule has 0 aliphatic heterocycles. The molecule has 2 aromatic carbocycles. The second-order valence-corrected chi connectivity index (χ2v) is 5.23. The number of halogens is 1. The van der Waals surface area contributed by atoms with Crippen LogP contribution in [0.2, 0.25) is 0 Å². The Labute approximate surface area is 126 Å². The highest BCUT2D eigenvalue weighted by Gasteiger charge is 2.06. The number of aromatic carboxylic acids is 1. The van der Waals surface area contributed by atoms with E-state index in [1.165, 1.54) is 5.56 Å². The highest BCUT2D eigenvalue weighted by molar-refractivity contribution is 9.10. The van der Waals surface area contributed by atoms with E-state index >= 15 is 0 Å². The fourth-order valence-corrected chi connectivity index (χ4v) is 2.62. The molecule has 0 saturated heterocycles. The number of hydrogen-bond donors (Lipinski definition) is 1. The summed E-state index contributed by atoms with van der Waals surface area (Å²) in [5, 5.41) is 8.86. The summed E-state index contributed by atoms with van der Waals surface area (Å²) in [6.07, 6.45) is 1.72. The van der Waals surface area contributed by atoms with Crippen molar-refractivity contribution in [3.63, 3.8) is 0 Å². The number of hydrogen-bond acceptors (Lipinski definition) is 2. The monoisotopic (exact) mass is 334 g/mol. The van der Waals surface area contributed by atoms with E-state index in [0.29, 0.717) is 5.56 Å². The largest absolute Gasteiger partial charge is 0.496 e. The van der Waals surface area contributed by atoms with Crippen molar-refractivity contribution in [2.45, 2.75) is 12.8 Å². The van der Waals surface area contributed by atoms with Crippen LogP contribution in [0, 0.1) is 0 Å². The topological polar surface area (TPSA) is 46.5 Å². The van der Waals surface area contributed by atoms with Gasteiger partial charge in [0.2, 0.25) is 0 Å². The van der Waals surface area contributed by atoms with Crippen molar-refractivity contribution < 1.29 is 14.6 Å². The minimum atomic E-state index is -0.896. The van der Waals surface area contributed by atoms with Crippen molar-refractivity contribution >= 4 is 21.9 Å². The molecule has 20 heavy (non-hydrogen) atoms. The Kier molecular flexibility index (Phi) is 4.79. The Hall–Kier alpha value is -1.81. The maximum absolute atomic E-state index is 10.8. The molecule has 3 nitrogen and oxygen atoms in total. The number of methoxy groups -OCH3 is 1. The molecule has 2 rings (SSSR count). The van der Waals surface area contributed by atoms with E-state index in [1.54, 1.807) is 19.2 Å². The van der Waals surface area contributed by atoms with Crippen molar-refractivity contribution in [1.29, 1.82) is 0 Å². The van der Waals surface area contributed by atoms with Gasteiger partial charge in [-0.05, 0) is 58.1 Å². The first-order valence-electron chi connectivity index (χ1n) is 6.25. The van der Waals surface area contributed by atoms with Gasteiger partial charge in [0.1, 0.15) is 5.75 Å². The van der Waals surface area contributed by atoms with E-state index in [1.807, 2.05) is 24.3 Å². The van der Waals surface area contributed by atoms with Gasteiger partial charge in [-0.1, -0.05) is 24.3 Å². The summed E-state index contributed by atoms with van der Waals surface area (Å²) in [6.45, 7) is 0. The highest BCUT2D eigenvalue weighted by Crippen LogP contribution is 2.29. The van der Waals surface area contributed by atoms with E-state index < -0.39 is 5.97 Å². The van der Waals surface area contributed by atoms with Gasteiger partial charge in [0.25, 0.3) is 0 Å². The fraction of sp³-hybridized carbons (Fsp3) is 0.188. The first-order valence-corrected chi connectivity index (χ1v) is 7.04. The minimum absolute atomic E-state index is 0.316. The van der Waals surface area contributed by atoms with Crippen LogP contribution < -0.4 is 4.74 Å². The zero-order valence-corrected chi connectivity index (χ0v) is 12.7. The van der Waals surface area contributed by atoms with Crippen LogP contribution in [0.15, 0.2) is 46.9 Å². The lowest BCUT2D eigenvalue weighted by Gasteiger charge is -2.09. The average Bonchev–Trinajstić information content (AvgIpc) is 2.46. The third-order valence-electron chi connectivity index (χ3n) is 3.15. The molecule has 1 N–H and O–H groups in total. The van der Waals surface area contributed by atoms with Gasteiger partial charge in [0.15, 0.2) is 0 Å². The standard InChI is InChI=1S/C16H15BrO3/c1-20-14-4-2-3-12(15(14)17)8-5-11-6-9-13(10-7-11)16(18)19/h2-4,6-7,9-10H,5,8H2,1H3,(H,18,19). The summed E-state index contributed by atoms with van der Waals surface area (Å²) in [4.78, 5) is 10.8. The molecule has 0 atom stereocenters. The quantitative estimate of drug-likeness (QED) is 0.900. The van der Waals surface area contributed by atoms with Crippen molar-refractivity contribution in [2.24, 2.45) is 0 Å². The van der Waals surface area contributed by atoms with Crippen molar-refractivity contribution in [3.8, 4) is 5.75 Å². The molecule has 0 radical (unpaired) electrons.